The van der Waals surface area contributed by atoms with Crippen molar-refractivity contribution in [3.63, 3.8) is 0 Å². The van der Waals surface area contributed by atoms with E-state index in [4.69, 9.17) is 15.2 Å². The van der Waals surface area contributed by atoms with E-state index >= 15 is 0 Å². The number of fused-ring (bicyclic) bond motifs is 1. The van der Waals surface area contributed by atoms with Crippen LogP contribution in [-0.4, -0.2) is 38.3 Å². The zero-order valence-corrected chi connectivity index (χ0v) is 12.6. The van der Waals surface area contributed by atoms with E-state index in [1.165, 1.54) is 19.3 Å². The molecule has 0 aromatic heterocycles. The number of unbranched alkanes of at least 4 members (excludes halogenated alkanes) is 2. The van der Waals surface area contributed by atoms with Crippen molar-refractivity contribution in [2.24, 2.45) is 5.73 Å². The second-order valence-corrected chi connectivity index (χ2v) is 5.48. The molecule has 4 nitrogen and oxygen atoms in total. The number of nitrogens with zero attached hydrogens (tertiary/aromatic N) is 1. The highest BCUT2D eigenvalue weighted by Crippen LogP contribution is 2.32. The normalized spacial score (nSPS) is 15.4. The molecule has 2 rings (SSSR count). The van der Waals surface area contributed by atoms with Crippen molar-refractivity contribution in [1.29, 1.82) is 0 Å². The average molecular weight is 278 g/mol. The average Bonchev–Trinajstić information content (AvgIpc) is 2.47. The Balaban J connectivity index is 1.90. The Bertz CT molecular complexity index is 423. The fourth-order valence-corrected chi connectivity index (χ4v) is 2.45. The Labute approximate surface area is 121 Å². The van der Waals surface area contributed by atoms with E-state index in [1.54, 1.807) is 0 Å². The fourth-order valence-electron chi connectivity index (χ4n) is 2.45. The lowest BCUT2D eigenvalue weighted by Gasteiger charge is -2.23. The molecule has 0 radical (unpaired) electrons. The summed E-state index contributed by atoms with van der Waals surface area (Å²) in [6, 6.07) is 6.02. The largest absolute Gasteiger partial charge is 0.486 e. The minimum Gasteiger partial charge on any atom is -0.486 e. The van der Waals surface area contributed by atoms with Crippen LogP contribution in [0, 0.1) is 0 Å². The van der Waals surface area contributed by atoms with Gasteiger partial charge in [-0.25, -0.2) is 0 Å². The molecule has 1 heterocycles. The Morgan fingerprint density at radius 3 is 2.70 bits per heavy atom. The van der Waals surface area contributed by atoms with Gasteiger partial charge in [0.1, 0.15) is 13.2 Å². The van der Waals surface area contributed by atoms with Gasteiger partial charge in [0, 0.05) is 12.6 Å². The van der Waals surface area contributed by atoms with Gasteiger partial charge in [-0.1, -0.05) is 25.8 Å². The molecule has 1 aromatic carbocycles. The Kier molecular flexibility index (Phi) is 5.68. The minimum absolute atomic E-state index is 0.0115. The van der Waals surface area contributed by atoms with E-state index in [-0.39, 0.29) is 6.04 Å². The van der Waals surface area contributed by atoms with E-state index < -0.39 is 0 Å². The van der Waals surface area contributed by atoms with Crippen LogP contribution in [0.4, 0.5) is 0 Å². The standard InChI is InChI=1S/C16H26N2O2/c1-3-4-5-8-18(2)12-14(17)13-6-7-15-16(11-13)20-10-9-19-15/h6-7,11,14H,3-5,8-10,12,17H2,1-2H3. The van der Waals surface area contributed by atoms with Gasteiger partial charge in [0.2, 0.25) is 0 Å². The van der Waals surface area contributed by atoms with Gasteiger partial charge in [-0.3, -0.25) is 0 Å². The van der Waals surface area contributed by atoms with Crippen LogP contribution < -0.4 is 15.2 Å². The van der Waals surface area contributed by atoms with Crippen LogP contribution in [0.2, 0.25) is 0 Å². The van der Waals surface area contributed by atoms with Crippen molar-refractivity contribution in [2.75, 3.05) is 33.4 Å². The molecule has 0 fully saturated rings. The van der Waals surface area contributed by atoms with Crippen LogP contribution in [0.15, 0.2) is 18.2 Å². The molecule has 1 aliphatic rings. The maximum Gasteiger partial charge on any atom is 0.161 e. The lowest BCUT2D eigenvalue weighted by molar-refractivity contribution is 0.171. The SMILES string of the molecule is CCCCCN(C)CC(N)c1ccc2c(c1)OCCO2. The molecule has 0 bridgehead atoms. The predicted octanol–water partition coefficient (Wildman–Crippen LogP) is 2.58. The first-order valence-corrected chi connectivity index (χ1v) is 7.54. The van der Waals surface area contributed by atoms with E-state index in [1.807, 2.05) is 18.2 Å². The quantitative estimate of drug-likeness (QED) is 0.779. The van der Waals surface area contributed by atoms with Crippen LogP contribution in [0.25, 0.3) is 0 Å². The third-order valence-corrected chi connectivity index (χ3v) is 3.65. The van der Waals surface area contributed by atoms with E-state index in [9.17, 15) is 0 Å². The highest BCUT2D eigenvalue weighted by molar-refractivity contribution is 5.44. The highest BCUT2D eigenvalue weighted by Gasteiger charge is 2.15. The molecule has 20 heavy (non-hydrogen) atoms. The van der Waals surface area contributed by atoms with Gasteiger partial charge >= 0.3 is 0 Å². The van der Waals surface area contributed by atoms with Crippen LogP contribution in [0.3, 0.4) is 0 Å². The summed E-state index contributed by atoms with van der Waals surface area (Å²) in [7, 11) is 2.13. The second kappa shape index (κ2) is 7.50. The van der Waals surface area contributed by atoms with Crippen molar-refractivity contribution >= 4 is 0 Å². The summed E-state index contributed by atoms with van der Waals surface area (Å²) in [6.45, 7) is 5.43. The lowest BCUT2D eigenvalue weighted by Crippen LogP contribution is -2.30. The number of likely N-dealkylation sites (N-methyl/N-ethyl adjacent to an activating group) is 1. The molecule has 0 aliphatic carbocycles. The molecule has 0 saturated carbocycles. The molecule has 0 amide bonds. The molecule has 1 aromatic rings. The first kappa shape index (κ1) is 15.1. The summed E-state index contributed by atoms with van der Waals surface area (Å²) < 4.78 is 11.1. The number of benzene rings is 1. The van der Waals surface area contributed by atoms with E-state index in [0.717, 1.165) is 30.2 Å². The predicted molar refractivity (Wildman–Crippen MR) is 81.4 cm³/mol. The summed E-state index contributed by atoms with van der Waals surface area (Å²) in [6.07, 6.45) is 3.77. The molecule has 1 atom stereocenters. The first-order valence-electron chi connectivity index (χ1n) is 7.54. The molecule has 1 unspecified atom stereocenters. The third kappa shape index (κ3) is 4.12. The second-order valence-electron chi connectivity index (χ2n) is 5.48. The van der Waals surface area contributed by atoms with E-state index in [2.05, 4.69) is 18.9 Å². The summed E-state index contributed by atoms with van der Waals surface area (Å²) in [4.78, 5) is 2.30. The highest BCUT2D eigenvalue weighted by atomic mass is 16.6. The molecule has 4 heteroatoms. The number of ether oxygens (including phenoxy) is 2. The Hall–Kier alpha value is -1.26. The van der Waals surface area contributed by atoms with Gasteiger partial charge < -0.3 is 20.1 Å². The zero-order valence-electron chi connectivity index (χ0n) is 12.6. The summed E-state index contributed by atoms with van der Waals surface area (Å²) >= 11 is 0. The van der Waals surface area contributed by atoms with Crippen molar-refractivity contribution < 1.29 is 9.47 Å². The van der Waals surface area contributed by atoms with E-state index in [0.29, 0.717) is 13.2 Å². The third-order valence-electron chi connectivity index (χ3n) is 3.65. The van der Waals surface area contributed by atoms with Crippen molar-refractivity contribution in [2.45, 2.75) is 32.2 Å². The fraction of sp³-hybridized carbons (Fsp3) is 0.625. The lowest BCUT2D eigenvalue weighted by atomic mass is 10.1. The number of rotatable bonds is 7. The van der Waals surface area contributed by atoms with Gasteiger partial charge in [-0.15, -0.1) is 0 Å². The topological polar surface area (TPSA) is 47.7 Å². The maximum absolute atomic E-state index is 6.30. The van der Waals surface area contributed by atoms with Crippen LogP contribution in [0.5, 0.6) is 11.5 Å². The van der Waals surface area contributed by atoms with Crippen LogP contribution >= 0.6 is 0 Å². The zero-order chi connectivity index (χ0) is 14.4. The van der Waals surface area contributed by atoms with Crippen LogP contribution in [0.1, 0.15) is 37.8 Å². The molecule has 2 N–H and O–H groups in total. The van der Waals surface area contributed by atoms with Crippen molar-refractivity contribution in [3.05, 3.63) is 23.8 Å². The summed E-state index contributed by atoms with van der Waals surface area (Å²) in [5, 5.41) is 0. The Morgan fingerprint density at radius 1 is 1.20 bits per heavy atom. The van der Waals surface area contributed by atoms with Crippen molar-refractivity contribution in [3.8, 4) is 11.5 Å². The number of hydrogen-bond donors (Lipinski definition) is 1. The van der Waals surface area contributed by atoms with Gasteiger partial charge in [-0.05, 0) is 37.7 Å². The van der Waals surface area contributed by atoms with Crippen molar-refractivity contribution in [1.82, 2.24) is 4.90 Å². The van der Waals surface area contributed by atoms with Crippen LogP contribution in [-0.2, 0) is 0 Å². The number of hydrogen-bond acceptors (Lipinski definition) is 4. The molecule has 0 saturated heterocycles. The smallest absolute Gasteiger partial charge is 0.161 e. The first-order chi connectivity index (χ1) is 9.70. The molecular weight excluding hydrogens is 252 g/mol. The maximum atomic E-state index is 6.30. The van der Waals surface area contributed by atoms with Gasteiger partial charge in [0.15, 0.2) is 11.5 Å². The summed E-state index contributed by atoms with van der Waals surface area (Å²) in [5.74, 6) is 1.64. The molecule has 112 valence electrons. The molecule has 0 spiro atoms. The molecule has 1 aliphatic heterocycles. The van der Waals surface area contributed by atoms with Gasteiger partial charge in [0.05, 0.1) is 0 Å². The summed E-state index contributed by atoms with van der Waals surface area (Å²) in [5.41, 5.74) is 7.40. The Morgan fingerprint density at radius 2 is 1.95 bits per heavy atom. The minimum atomic E-state index is 0.0115. The molecular formula is C16H26N2O2. The van der Waals surface area contributed by atoms with Gasteiger partial charge in [0.25, 0.3) is 0 Å². The monoisotopic (exact) mass is 278 g/mol. The van der Waals surface area contributed by atoms with Gasteiger partial charge in [-0.2, -0.15) is 0 Å². The number of nitrogens with two attached hydrogens (primary N) is 1.